The Balaban J connectivity index is 2.34. The first-order valence-corrected chi connectivity index (χ1v) is 12.1. The third kappa shape index (κ3) is 11.9. The molecule has 0 heterocycles. The number of hydrogen-bond acceptors (Lipinski definition) is 5. The van der Waals surface area contributed by atoms with Crippen LogP contribution in [0.3, 0.4) is 0 Å². The summed E-state index contributed by atoms with van der Waals surface area (Å²) in [6.07, 6.45) is 5.60. The van der Waals surface area contributed by atoms with Gasteiger partial charge in [0.2, 0.25) is 0 Å². The van der Waals surface area contributed by atoms with Crippen molar-refractivity contribution in [1.82, 2.24) is 5.32 Å². The summed E-state index contributed by atoms with van der Waals surface area (Å²) in [6, 6.07) is 10.3. The van der Waals surface area contributed by atoms with Gasteiger partial charge >= 0.3 is 0 Å². The molecule has 160 valence electrons. The molecule has 5 nitrogen and oxygen atoms in total. The lowest BCUT2D eigenvalue weighted by Crippen LogP contribution is -2.35. The lowest BCUT2D eigenvalue weighted by molar-refractivity contribution is 0.193. The van der Waals surface area contributed by atoms with Gasteiger partial charge in [-0.1, -0.05) is 57.2 Å². The highest BCUT2D eigenvalue weighted by Crippen LogP contribution is 2.23. The molecule has 1 aromatic rings. The maximum Gasteiger partial charge on any atom is 0.152 e. The van der Waals surface area contributed by atoms with Crippen LogP contribution < -0.4 is 11.1 Å². The van der Waals surface area contributed by atoms with Crippen molar-refractivity contribution >= 4 is 23.1 Å². The summed E-state index contributed by atoms with van der Waals surface area (Å²) in [4.78, 5) is 0. The fourth-order valence-corrected chi connectivity index (χ4v) is 4.03. The fraction of sp³-hybridized carbons (Fsp3) is 0.619. The van der Waals surface area contributed by atoms with Crippen LogP contribution in [-0.4, -0.2) is 39.5 Å². The maximum atomic E-state index is 10.6. The van der Waals surface area contributed by atoms with Crippen molar-refractivity contribution in [1.29, 1.82) is 0 Å². The molecule has 0 amide bonds. The molecule has 0 radical (unpaired) electrons. The molecule has 4 N–H and O–H groups in total. The third-order valence-corrected chi connectivity index (χ3v) is 5.71. The van der Waals surface area contributed by atoms with E-state index in [9.17, 15) is 4.21 Å². The predicted octanol–water partition coefficient (Wildman–Crippen LogP) is 4.13. The maximum absolute atomic E-state index is 10.6. The number of rotatable bonds is 15. The molecular weight excluding hydrogens is 392 g/mol. The minimum Gasteiger partial charge on any atom is -0.387 e. The summed E-state index contributed by atoms with van der Waals surface area (Å²) < 4.78 is 25.0. The van der Waals surface area contributed by atoms with E-state index in [1.807, 2.05) is 18.2 Å². The monoisotopic (exact) mass is 428 g/mol. The van der Waals surface area contributed by atoms with E-state index in [4.69, 9.17) is 14.5 Å². The van der Waals surface area contributed by atoms with Gasteiger partial charge in [0.1, 0.15) is 0 Å². The SMILES string of the molecule is CC/C=C(\NCCC(C)(C)COSCCCS(=O)O)[C@@H](N)Cc1ccccc1. The van der Waals surface area contributed by atoms with E-state index in [-0.39, 0.29) is 11.5 Å². The van der Waals surface area contributed by atoms with Crippen molar-refractivity contribution in [2.24, 2.45) is 11.1 Å². The van der Waals surface area contributed by atoms with E-state index in [0.717, 1.165) is 37.3 Å². The Labute approximate surface area is 177 Å². The summed E-state index contributed by atoms with van der Waals surface area (Å²) in [5.41, 5.74) is 8.83. The van der Waals surface area contributed by atoms with Crippen molar-refractivity contribution in [3.63, 3.8) is 0 Å². The number of hydrogen-bond donors (Lipinski definition) is 3. The van der Waals surface area contributed by atoms with Crippen LogP contribution in [0.1, 0.15) is 45.6 Å². The minimum atomic E-state index is -1.71. The molecule has 1 aromatic carbocycles. The molecule has 0 aromatic heterocycles. The smallest absolute Gasteiger partial charge is 0.152 e. The van der Waals surface area contributed by atoms with Crippen molar-refractivity contribution in [2.75, 3.05) is 24.7 Å². The first-order chi connectivity index (χ1) is 13.3. The Bertz CT molecular complexity index is 595. The Morgan fingerprint density at radius 3 is 2.75 bits per heavy atom. The van der Waals surface area contributed by atoms with Crippen LogP contribution in [-0.2, 0) is 21.7 Å². The summed E-state index contributed by atoms with van der Waals surface area (Å²) in [5, 5.41) is 3.53. The van der Waals surface area contributed by atoms with E-state index in [2.05, 4.69) is 44.3 Å². The number of nitrogens with one attached hydrogen (secondary N) is 1. The second kappa shape index (κ2) is 14.2. The molecule has 0 saturated carbocycles. The van der Waals surface area contributed by atoms with Gasteiger partial charge in [0.15, 0.2) is 11.1 Å². The van der Waals surface area contributed by atoms with E-state index in [1.54, 1.807) is 0 Å². The minimum absolute atomic E-state index is 0.0330. The van der Waals surface area contributed by atoms with Crippen molar-refractivity contribution in [3.05, 3.63) is 47.7 Å². The topological polar surface area (TPSA) is 84.6 Å². The van der Waals surface area contributed by atoms with E-state index < -0.39 is 11.1 Å². The van der Waals surface area contributed by atoms with Crippen LogP contribution in [0.4, 0.5) is 0 Å². The molecule has 0 fully saturated rings. The van der Waals surface area contributed by atoms with Crippen LogP contribution in [0.15, 0.2) is 42.1 Å². The second-order valence-corrected chi connectivity index (χ2v) is 9.60. The van der Waals surface area contributed by atoms with Crippen LogP contribution in [0.2, 0.25) is 0 Å². The molecule has 28 heavy (non-hydrogen) atoms. The molecule has 1 rings (SSSR count). The van der Waals surface area contributed by atoms with Crippen LogP contribution in [0.5, 0.6) is 0 Å². The number of benzene rings is 1. The average molecular weight is 429 g/mol. The highest BCUT2D eigenvalue weighted by Gasteiger charge is 2.19. The van der Waals surface area contributed by atoms with Gasteiger partial charge < -0.3 is 19.8 Å². The summed E-state index contributed by atoms with van der Waals surface area (Å²) in [5.74, 6) is 1.04. The molecule has 2 atom stereocenters. The van der Waals surface area contributed by atoms with E-state index in [1.165, 1.54) is 17.6 Å². The molecule has 1 unspecified atom stereocenters. The molecule has 7 heteroatoms. The van der Waals surface area contributed by atoms with Gasteiger partial charge in [-0.25, -0.2) is 4.21 Å². The number of nitrogens with two attached hydrogens (primary N) is 1. The summed E-state index contributed by atoms with van der Waals surface area (Å²) in [7, 11) is 0. The zero-order valence-electron chi connectivity index (χ0n) is 17.4. The van der Waals surface area contributed by atoms with Gasteiger partial charge in [-0.05, 0) is 48.7 Å². The van der Waals surface area contributed by atoms with Crippen molar-refractivity contribution in [3.8, 4) is 0 Å². The first-order valence-electron chi connectivity index (χ1n) is 9.89. The lowest BCUT2D eigenvalue weighted by Gasteiger charge is -2.26. The van der Waals surface area contributed by atoms with Gasteiger partial charge in [-0.2, -0.15) is 0 Å². The van der Waals surface area contributed by atoms with E-state index in [0.29, 0.717) is 18.8 Å². The molecule has 0 bridgehead atoms. The zero-order valence-corrected chi connectivity index (χ0v) is 19.0. The van der Waals surface area contributed by atoms with Crippen LogP contribution >= 0.6 is 12.0 Å². The molecule has 0 spiro atoms. The average Bonchev–Trinajstić information content (AvgIpc) is 2.64. The fourth-order valence-electron chi connectivity index (χ4n) is 2.67. The molecule has 0 aliphatic rings. The summed E-state index contributed by atoms with van der Waals surface area (Å²) >= 11 is -0.330. The molecular formula is C21H36N2O3S2. The predicted molar refractivity (Wildman–Crippen MR) is 122 cm³/mol. The third-order valence-electron chi connectivity index (χ3n) is 4.33. The standard InChI is InChI=1S/C21H36N2O3S2/c1-4-9-20(19(22)16-18-10-6-5-7-11-18)23-13-12-21(2,3)17-26-27-14-8-15-28(24)25/h5-7,9-11,19,23H,4,8,12-17,22H2,1-3H3,(H,24,25)/b20-9-/t19-/m0/s1. The summed E-state index contributed by atoms with van der Waals surface area (Å²) in [6.45, 7) is 7.98. The van der Waals surface area contributed by atoms with Gasteiger partial charge in [0.05, 0.1) is 12.4 Å². The van der Waals surface area contributed by atoms with Crippen molar-refractivity contribution < 1.29 is 12.9 Å². The Kier molecular flexibility index (Phi) is 12.7. The molecule has 0 saturated heterocycles. The molecule has 0 aliphatic heterocycles. The second-order valence-electron chi connectivity index (χ2n) is 7.67. The Morgan fingerprint density at radius 2 is 2.11 bits per heavy atom. The van der Waals surface area contributed by atoms with Crippen LogP contribution in [0, 0.1) is 5.41 Å². The largest absolute Gasteiger partial charge is 0.387 e. The number of allylic oxidation sites excluding steroid dienone is 1. The lowest BCUT2D eigenvalue weighted by atomic mass is 9.90. The zero-order chi connectivity index (χ0) is 20.8. The van der Waals surface area contributed by atoms with Crippen LogP contribution in [0.25, 0.3) is 0 Å². The van der Waals surface area contributed by atoms with Gasteiger partial charge in [-0.3, -0.25) is 0 Å². The normalized spacial score (nSPS) is 14.7. The van der Waals surface area contributed by atoms with E-state index >= 15 is 0 Å². The highest BCUT2D eigenvalue weighted by atomic mass is 32.2. The Hall–Kier alpha value is -0.860. The molecule has 0 aliphatic carbocycles. The van der Waals surface area contributed by atoms with Gasteiger partial charge in [0.25, 0.3) is 0 Å². The Morgan fingerprint density at radius 1 is 1.39 bits per heavy atom. The van der Waals surface area contributed by atoms with Gasteiger partial charge in [0, 0.05) is 24.0 Å². The first kappa shape index (κ1) is 25.2. The van der Waals surface area contributed by atoms with Gasteiger partial charge in [-0.15, -0.1) is 0 Å². The van der Waals surface area contributed by atoms with Crippen molar-refractivity contribution in [2.45, 2.75) is 52.5 Å². The quantitative estimate of drug-likeness (QED) is 0.221. The highest BCUT2D eigenvalue weighted by molar-refractivity contribution is 7.94.